The predicted octanol–water partition coefficient (Wildman–Crippen LogP) is 0.870. The number of rotatable bonds is 4. The molecular formula is C12H16N2O3. The van der Waals surface area contributed by atoms with Crippen LogP contribution in [0.25, 0.3) is 0 Å². The quantitative estimate of drug-likeness (QED) is 0.600. The fourth-order valence-electron chi connectivity index (χ4n) is 1.34. The highest BCUT2D eigenvalue weighted by molar-refractivity contribution is 5.99. The molecule has 0 saturated heterocycles. The minimum Gasteiger partial charge on any atom is -0.469 e. The largest absolute Gasteiger partial charge is 0.469 e. The summed E-state index contributed by atoms with van der Waals surface area (Å²) < 4.78 is 4.47. The van der Waals surface area contributed by atoms with Gasteiger partial charge in [-0.15, -0.1) is 0 Å². The topological polar surface area (TPSA) is 81.4 Å². The molecule has 0 aromatic heterocycles. The van der Waals surface area contributed by atoms with Crippen LogP contribution in [0.2, 0.25) is 0 Å². The smallest absolute Gasteiger partial charge is 0.307 e. The fourth-order valence-corrected chi connectivity index (χ4v) is 1.34. The van der Waals surface area contributed by atoms with Gasteiger partial charge in [-0.25, -0.2) is 0 Å². The van der Waals surface area contributed by atoms with Crippen molar-refractivity contribution in [3.8, 4) is 0 Å². The molecule has 0 saturated carbocycles. The summed E-state index contributed by atoms with van der Waals surface area (Å²) >= 11 is 0. The third-order valence-electron chi connectivity index (χ3n) is 2.30. The Morgan fingerprint density at radius 1 is 1.41 bits per heavy atom. The summed E-state index contributed by atoms with van der Waals surface area (Å²) in [5.74, 6) is -0.641. The maximum atomic E-state index is 11.7. The molecule has 0 bridgehead atoms. The maximum absolute atomic E-state index is 11.7. The Labute approximate surface area is 99.9 Å². The maximum Gasteiger partial charge on any atom is 0.307 e. The summed E-state index contributed by atoms with van der Waals surface area (Å²) in [6, 6.07) is 5.23. The van der Waals surface area contributed by atoms with Gasteiger partial charge < -0.3 is 15.8 Å². The lowest BCUT2D eigenvalue weighted by molar-refractivity contribution is -0.140. The van der Waals surface area contributed by atoms with Crippen LogP contribution in [0.5, 0.6) is 0 Å². The molecule has 0 aliphatic carbocycles. The molecule has 0 heterocycles. The molecule has 0 spiro atoms. The molecule has 5 heteroatoms. The first kappa shape index (κ1) is 13.0. The van der Waals surface area contributed by atoms with E-state index in [1.165, 1.54) is 7.11 Å². The van der Waals surface area contributed by atoms with E-state index in [4.69, 9.17) is 5.73 Å². The lowest BCUT2D eigenvalue weighted by Crippen LogP contribution is -2.27. The Hall–Kier alpha value is -2.04. The Morgan fingerprint density at radius 3 is 2.76 bits per heavy atom. The molecule has 1 aromatic carbocycles. The molecule has 1 amide bonds. The number of methoxy groups -OCH3 is 1. The van der Waals surface area contributed by atoms with Crippen LogP contribution >= 0.6 is 0 Å². The van der Waals surface area contributed by atoms with Crippen LogP contribution < -0.4 is 11.1 Å². The summed E-state index contributed by atoms with van der Waals surface area (Å²) in [7, 11) is 1.31. The highest BCUT2D eigenvalue weighted by Crippen LogP contribution is 2.13. The third kappa shape index (κ3) is 3.79. The Kier molecular flexibility index (Phi) is 4.51. The Bertz CT molecular complexity index is 430. The van der Waals surface area contributed by atoms with Gasteiger partial charge in [0.05, 0.1) is 19.1 Å². The van der Waals surface area contributed by atoms with Crippen LogP contribution in [0.1, 0.15) is 22.3 Å². The van der Waals surface area contributed by atoms with Crippen molar-refractivity contribution in [1.82, 2.24) is 5.32 Å². The molecule has 0 fully saturated rings. The first-order chi connectivity index (χ1) is 8.04. The van der Waals surface area contributed by atoms with Crippen molar-refractivity contribution < 1.29 is 14.3 Å². The first-order valence-electron chi connectivity index (χ1n) is 5.25. The Morgan fingerprint density at radius 2 is 2.12 bits per heavy atom. The number of anilines is 1. The highest BCUT2D eigenvalue weighted by Gasteiger charge is 2.10. The van der Waals surface area contributed by atoms with Crippen LogP contribution in [-0.4, -0.2) is 25.5 Å². The van der Waals surface area contributed by atoms with E-state index in [0.717, 1.165) is 5.56 Å². The second-order valence-electron chi connectivity index (χ2n) is 3.67. The number of nitrogens with two attached hydrogens (primary N) is 1. The number of carbonyl (C=O) groups excluding carboxylic acids is 2. The SMILES string of the molecule is COC(=O)CCNC(=O)c1cc(C)ccc1N. The molecule has 1 rings (SSSR count). The van der Waals surface area contributed by atoms with E-state index in [9.17, 15) is 9.59 Å². The molecule has 3 N–H and O–H groups in total. The fraction of sp³-hybridized carbons (Fsp3) is 0.333. The number of nitrogen functional groups attached to an aromatic ring is 1. The summed E-state index contributed by atoms with van der Waals surface area (Å²) in [6.07, 6.45) is 0.147. The summed E-state index contributed by atoms with van der Waals surface area (Å²) in [6.45, 7) is 2.11. The summed E-state index contributed by atoms with van der Waals surface area (Å²) in [4.78, 5) is 22.6. The second kappa shape index (κ2) is 5.89. The van der Waals surface area contributed by atoms with Gasteiger partial charge in [0, 0.05) is 12.2 Å². The van der Waals surface area contributed by atoms with Gasteiger partial charge in [0.1, 0.15) is 0 Å². The van der Waals surface area contributed by atoms with Gasteiger partial charge in [-0.1, -0.05) is 11.6 Å². The number of hydrogen-bond donors (Lipinski definition) is 2. The second-order valence-corrected chi connectivity index (χ2v) is 3.67. The van der Waals surface area contributed by atoms with Crippen molar-refractivity contribution in [2.45, 2.75) is 13.3 Å². The van der Waals surface area contributed by atoms with E-state index in [2.05, 4.69) is 10.1 Å². The van der Waals surface area contributed by atoms with E-state index < -0.39 is 0 Å². The molecule has 92 valence electrons. The van der Waals surface area contributed by atoms with E-state index in [0.29, 0.717) is 11.3 Å². The van der Waals surface area contributed by atoms with Crippen molar-refractivity contribution in [3.05, 3.63) is 29.3 Å². The normalized spacial score (nSPS) is 9.76. The number of esters is 1. The van der Waals surface area contributed by atoms with Crippen LogP contribution in [-0.2, 0) is 9.53 Å². The molecule has 17 heavy (non-hydrogen) atoms. The lowest BCUT2D eigenvalue weighted by Gasteiger charge is -2.07. The van der Waals surface area contributed by atoms with Crippen LogP contribution in [0.3, 0.4) is 0 Å². The van der Waals surface area contributed by atoms with Crippen molar-refractivity contribution in [3.63, 3.8) is 0 Å². The number of benzene rings is 1. The summed E-state index contributed by atoms with van der Waals surface area (Å²) in [5, 5.41) is 2.61. The standard InChI is InChI=1S/C12H16N2O3/c1-8-3-4-10(13)9(7-8)12(16)14-6-5-11(15)17-2/h3-4,7H,5-6,13H2,1-2H3,(H,14,16). The predicted molar refractivity (Wildman–Crippen MR) is 64.6 cm³/mol. The van der Waals surface area contributed by atoms with Crippen LogP contribution in [0.15, 0.2) is 18.2 Å². The van der Waals surface area contributed by atoms with Crippen LogP contribution in [0, 0.1) is 6.92 Å². The van der Waals surface area contributed by atoms with Gasteiger partial charge in [-0.2, -0.15) is 0 Å². The zero-order chi connectivity index (χ0) is 12.8. The van der Waals surface area contributed by atoms with Crippen molar-refractivity contribution in [1.29, 1.82) is 0 Å². The molecule has 5 nitrogen and oxygen atoms in total. The number of amides is 1. The molecule has 1 aromatic rings. The van der Waals surface area contributed by atoms with Crippen molar-refractivity contribution in [2.75, 3.05) is 19.4 Å². The van der Waals surface area contributed by atoms with Gasteiger partial charge in [0.15, 0.2) is 0 Å². The zero-order valence-corrected chi connectivity index (χ0v) is 9.95. The molecule has 0 unspecified atom stereocenters. The van der Waals surface area contributed by atoms with E-state index in [1.54, 1.807) is 12.1 Å². The zero-order valence-electron chi connectivity index (χ0n) is 9.95. The van der Waals surface area contributed by atoms with E-state index >= 15 is 0 Å². The number of carbonyl (C=O) groups is 2. The lowest BCUT2D eigenvalue weighted by atomic mass is 10.1. The molecule has 0 atom stereocenters. The molecule has 0 aliphatic heterocycles. The number of aryl methyl sites for hydroxylation is 1. The first-order valence-corrected chi connectivity index (χ1v) is 5.25. The van der Waals surface area contributed by atoms with Gasteiger partial charge in [-0.3, -0.25) is 9.59 Å². The molecule has 0 radical (unpaired) electrons. The minimum absolute atomic E-state index is 0.147. The van der Waals surface area contributed by atoms with Gasteiger partial charge in [0.25, 0.3) is 5.91 Å². The van der Waals surface area contributed by atoms with Gasteiger partial charge in [0.2, 0.25) is 0 Å². The third-order valence-corrected chi connectivity index (χ3v) is 2.30. The Balaban J connectivity index is 2.58. The van der Waals surface area contributed by atoms with E-state index in [-0.39, 0.29) is 24.8 Å². The highest BCUT2D eigenvalue weighted by atomic mass is 16.5. The van der Waals surface area contributed by atoms with Crippen LogP contribution in [0.4, 0.5) is 5.69 Å². The monoisotopic (exact) mass is 236 g/mol. The number of ether oxygens (including phenoxy) is 1. The van der Waals surface area contributed by atoms with Gasteiger partial charge >= 0.3 is 5.97 Å². The number of hydrogen-bond acceptors (Lipinski definition) is 4. The van der Waals surface area contributed by atoms with Crippen molar-refractivity contribution >= 4 is 17.6 Å². The molecule has 0 aliphatic rings. The average molecular weight is 236 g/mol. The summed E-state index contributed by atoms with van der Waals surface area (Å²) in [5.41, 5.74) is 7.50. The minimum atomic E-state index is -0.359. The average Bonchev–Trinajstić information content (AvgIpc) is 2.31. The number of nitrogens with one attached hydrogen (secondary N) is 1. The molecular weight excluding hydrogens is 220 g/mol. The van der Waals surface area contributed by atoms with Crippen molar-refractivity contribution in [2.24, 2.45) is 0 Å². The van der Waals surface area contributed by atoms with Gasteiger partial charge in [-0.05, 0) is 19.1 Å². The van der Waals surface area contributed by atoms with E-state index in [1.807, 2.05) is 13.0 Å².